The number of nitrogen functional groups attached to an aromatic ring is 1. The van der Waals surface area contributed by atoms with Crippen molar-refractivity contribution in [2.24, 2.45) is 0 Å². The first kappa shape index (κ1) is 13.4. The quantitative estimate of drug-likeness (QED) is 0.750. The summed E-state index contributed by atoms with van der Waals surface area (Å²) < 4.78 is 20.7. The predicted molar refractivity (Wildman–Crippen MR) is 81.8 cm³/mol. The number of fused-ring (bicyclic) bond motifs is 1. The molecular weight excluding hydrogens is 269 g/mol. The van der Waals surface area contributed by atoms with E-state index in [0.717, 1.165) is 22.4 Å². The van der Waals surface area contributed by atoms with Gasteiger partial charge in [-0.25, -0.2) is 9.37 Å². The van der Waals surface area contributed by atoms with Crippen molar-refractivity contribution in [2.75, 3.05) is 12.8 Å². The van der Waals surface area contributed by atoms with Crippen LogP contribution in [0.2, 0.25) is 0 Å². The van der Waals surface area contributed by atoms with Crippen LogP contribution >= 0.6 is 0 Å². The van der Waals surface area contributed by atoms with Gasteiger partial charge in [-0.15, -0.1) is 0 Å². The molecule has 2 N–H and O–H groups in total. The Morgan fingerprint density at radius 3 is 2.76 bits per heavy atom. The Morgan fingerprint density at radius 1 is 1.24 bits per heavy atom. The lowest BCUT2D eigenvalue weighted by Crippen LogP contribution is -2.00. The normalized spacial score (nSPS) is 11.0. The molecule has 4 nitrogen and oxygen atoms in total. The van der Waals surface area contributed by atoms with Gasteiger partial charge in [0.25, 0.3) is 0 Å². The monoisotopic (exact) mass is 285 g/mol. The van der Waals surface area contributed by atoms with E-state index in [-0.39, 0.29) is 5.82 Å². The molecule has 0 atom stereocenters. The van der Waals surface area contributed by atoms with E-state index in [4.69, 9.17) is 10.5 Å². The highest BCUT2D eigenvalue weighted by Gasteiger charge is 2.15. The molecule has 0 radical (unpaired) electrons. The number of halogens is 1. The lowest BCUT2D eigenvalue weighted by Gasteiger charge is -2.10. The minimum atomic E-state index is -0.276. The molecule has 21 heavy (non-hydrogen) atoms. The molecule has 0 fully saturated rings. The molecule has 0 saturated heterocycles. The molecule has 0 aliphatic rings. The highest BCUT2D eigenvalue weighted by atomic mass is 19.1. The first-order chi connectivity index (χ1) is 10.1. The molecule has 3 rings (SSSR count). The van der Waals surface area contributed by atoms with E-state index in [1.807, 2.05) is 17.6 Å². The lowest BCUT2D eigenvalue weighted by molar-refractivity contribution is 0.415. The van der Waals surface area contributed by atoms with Crippen LogP contribution in [0.5, 0.6) is 5.75 Å². The zero-order chi connectivity index (χ0) is 15.0. The average molecular weight is 285 g/mol. The van der Waals surface area contributed by atoms with Crippen molar-refractivity contribution in [2.45, 2.75) is 13.5 Å². The highest BCUT2D eigenvalue weighted by molar-refractivity contribution is 5.84. The number of anilines is 1. The second-order valence-corrected chi connectivity index (χ2v) is 4.77. The molecule has 0 amide bonds. The third-order valence-electron chi connectivity index (χ3n) is 3.53. The van der Waals surface area contributed by atoms with Crippen molar-refractivity contribution in [1.82, 2.24) is 9.55 Å². The van der Waals surface area contributed by atoms with Crippen molar-refractivity contribution >= 4 is 16.7 Å². The molecule has 0 spiro atoms. The van der Waals surface area contributed by atoms with E-state index in [0.29, 0.717) is 18.0 Å². The van der Waals surface area contributed by atoms with Crippen LogP contribution in [0.15, 0.2) is 36.4 Å². The Morgan fingerprint density at radius 2 is 2.05 bits per heavy atom. The van der Waals surface area contributed by atoms with E-state index >= 15 is 0 Å². The maximum Gasteiger partial charge on any atom is 0.143 e. The smallest absolute Gasteiger partial charge is 0.143 e. The number of nitrogens with zero attached hydrogens (tertiary/aromatic N) is 2. The molecule has 5 heteroatoms. The summed E-state index contributed by atoms with van der Waals surface area (Å²) in [6, 6.07) is 10.0. The fourth-order valence-corrected chi connectivity index (χ4v) is 2.48. The number of methoxy groups -OCH3 is 1. The standard InChI is InChI=1S/C16H16FN3O/c1-3-20-15-8-10(17)4-7-14(15)19-16(20)12-9-11(21-2)5-6-13(12)18/h4-9H,3,18H2,1-2H3. The molecule has 0 unspecified atom stereocenters. The molecule has 0 aliphatic carbocycles. The minimum absolute atomic E-state index is 0.276. The van der Waals surface area contributed by atoms with Gasteiger partial charge in [-0.2, -0.15) is 0 Å². The number of rotatable bonds is 3. The van der Waals surface area contributed by atoms with Gasteiger partial charge in [0.05, 0.1) is 18.1 Å². The zero-order valence-corrected chi connectivity index (χ0v) is 11.9. The summed E-state index contributed by atoms with van der Waals surface area (Å²) in [4.78, 5) is 4.59. The van der Waals surface area contributed by atoms with Crippen LogP contribution in [0.4, 0.5) is 10.1 Å². The third kappa shape index (κ3) is 2.20. The zero-order valence-electron chi connectivity index (χ0n) is 11.9. The molecule has 108 valence electrons. The number of hydrogen-bond donors (Lipinski definition) is 1. The molecule has 0 saturated carbocycles. The van der Waals surface area contributed by atoms with E-state index in [2.05, 4.69) is 4.98 Å². The fraction of sp³-hybridized carbons (Fsp3) is 0.188. The Bertz CT molecular complexity index is 811. The Labute approximate surface area is 122 Å². The summed E-state index contributed by atoms with van der Waals surface area (Å²) in [5.74, 6) is 1.15. The second-order valence-electron chi connectivity index (χ2n) is 4.77. The lowest BCUT2D eigenvalue weighted by atomic mass is 10.1. The third-order valence-corrected chi connectivity index (χ3v) is 3.53. The van der Waals surface area contributed by atoms with E-state index in [9.17, 15) is 4.39 Å². The summed E-state index contributed by atoms with van der Waals surface area (Å²) in [5.41, 5.74) is 8.97. The van der Waals surface area contributed by atoms with Crippen molar-refractivity contribution in [1.29, 1.82) is 0 Å². The molecule has 0 bridgehead atoms. The van der Waals surface area contributed by atoms with Gasteiger partial charge in [0.1, 0.15) is 17.4 Å². The molecule has 0 aliphatic heterocycles. The molecule has 2 aromatic carbocycles. The molecule has 3 aromatic rings. The SMILES string of the molecule is CCn1c(-c2cc(OC)ccc2N)nc2ccc(F)cc21. The van der Waals surface area contributed by atoms with Crippen LogP contribution in [0, 0.1) is 5.82 Å². The van der Waals surface area contributed by atoms with Gasteiger partial charge in [-0.05, 0) is 43.3 Å². The Kier molecular flexibility index (Phi) is 3.25. The van der Waals surface area contributed by atoms with Crippen LogP contribution in [0.3, 0.4) is 0 Å². The van der Waals surface area contributed by atoms with Crippen LogP contribution in [0.1, 0.15) is 6.92 Å². The molecule has 1 heterocycles. The minimum Gasteiger partial charge on any atom is -0.497 e. The summed E-state index contributed by atoms with van der Waals surface area (Å²) in [6.45, 7) is 2.66. The average Bonchev–Trinajstić information content (AvgIpc) is 2.85. The fourth-order valence-electron chi connectivity index (χ4n) is 2.48. The Balaban J connectivity index is 2.29. The van der Waals surface area contributed by atoms with Gasteiger partial charge in [0.2, 0.25) is 0 Å². The first-order valence-electron chi connectivity index (χ1n) is 6.73. The number of hydrogen-bond acceptors (Lipinski definition) is 3. The Hall–Kier alpha value is -2.56. The van der Waals surface area contributed by atoms with Crippen LogP contribution in [-0.2, 0) is 6.54 Å². The summed E-state index contributed by atoms with van der Waals surface area (Å²) >= 11 is 0. The number of benzene rings is 2. The van der Waals surface area contributed by atoms with Crippen molar-refractivity contribution in [3.63, 3.8) is 0 Å². The molecule has 1 aromatic heterocycles. The van der Waals surface area contributed by atoms with Gasteiger partial charge in [0, 0.05) is 17.8 Å². The number of imidazole rings is 1. The number of aryl methyl sites for hydroxylation is 1. The number of aromatic nitrogens is 2. The van der Waals surface area contributed by atoms with Crippen molar-refractivity contribution < 1.29 is 9.13 Å². The number of nitrogens with two attached hydrogens (primary N) is 1. The van der Waals surface area contributed by atoms with Gasteiger partial charge >= 0.3 is 0 Å². The first-order valence-corrected chi connectivity index (χ1v) is 6.73. The van der Waals surface area contributed by atoms with E-state index in [1.165, 1.54) is 12.1 Å². The number of ether oxygens (including phenoxy) is 1. The molecular formula is C16H16FN3O. The van der Waals surface area contributed by atoms with E-state index < -0.39 is 0 Å². The van der Waals surface area contributed by atoms with Crippen LogP contribution in [0.25, 0.3) is 22.4 Å². The maximum absolute atomic E-state index is 13.5. The highest BCUT2D eigenvalue weighted by Crippen LogP contribution is 2.32. The maximum atomic E-state index is 13.5. The van der Waals surface area contributed by atoms with Crippen LogP contribution in [-0.4, -0.2) is 16.7 Å². The van der Waals surface area contributed by atoms with Gasteiger partial charge in [0.15, 0.2) is 0 Å². The van der Waals surface area contributed by atoms with Crippen molar-refractivity contribution in [3.8, 4) is 17.1 Å². The second kappa shape index (κ2) is 5.09. The summed E-state index contributed by atoms with van der Waals surface area (Å²) in [6.07, 6.45) is 0. The predicted octanol–water partition coefficient (Wildman–Crippen LogP) is 3.45. The van der Waals surface area contributed by atoms with Crippen LogP contribution < -0.4 is 10.5 Å². The summed E-state index contributed by atoms with van der Waals surface area (Å²) in [7, 11) is 1.60. The van der Waals surface area contributed by atoms with E-state index in [1.54, 1.807) is 25.3 Å². The van der Waals surface area contributed by atoms with Crippen molar-refractivity contribution in [3.05, 3.63) is 42.2 Å². The van der Waals surface area contributed by atoms with Gasteiger partial charge in [-0.1, -0.05) is 0 Å². The topological polar surface area (TPSA) is 53.1 Å². The summed E-state index contributed by atoms with van der Waals surface area (Å²) in [5, 5.41) is 0. The van der Waals surface area contributed by atoms with Gasteiger partial charge < -0.3 is 15.0 Å². The van der Waals surface area contributed by atoms with Gasteiger partial charge in [-0.3, -0.25) is 0 Å². The largest absolute Gasteiger partial charge is 0.497 e.